The number of hydrogen-bond acceptors (Lipinski definition) is 4. The van der Waals surface area contributed by atoms with Gasteiger partial charge in [0.2, 0.25) is 11.8 Å². The summed E-state index contributed by atoms with van der Waals surface area (Å²) >= 11 is 0. The minimum Gasteiger partial charge on any atom is -0.382 e. The number of fused-ring (bicyclic) bond motifs is 1. The van der Waals surface area contributed by atoms with Crippen LogP contribution in [0.5, 0.6) is 0 Å². The number of piperidine rings is 1. The molecule has 3 rings (SSSR count). The van der Waals surface area contributed by atoms with Gasteiger partial charge in [-0.3, -0.25) is 14.9 Å². The standard InChI is InChI=1S/C13H15N3O2/c17-12-6-5-11(13(18)15-12)16-8-7-14-9-3-1-2-4-10(9)16/h1-4,11,14H,5-8H2,(H,15,17,18). The summed E-state index contributed by atoms with van der Waals surface area (Å²) in [6.45, 7) is 1.60. The average Bonchev–Trinajstić information content (AvgIpc) is 2.38. The Labute approximate surface area is 105 Å². The molecule has 5 nitrogen and oxygen atoms in total. The van der Waals surface area contributed by atoms with Crippen molar-refractivity contribution >= 4 is 23.2 Å². The Balaban J connectivity index is 1.89. The van der Waals surface area contributed by atoms with Gasteiger partial charge in [0, 0.05) is 19.5 Å². The van der Waals surface area contributed by atoms with Gasteiger partial charge in [-0.2, -0.15) is 0 Å². The van der Waals surface area contributed by atoms with Gasteiger partial charge in [-0.05, 0) is 18.6 Å². The number of imide groups is 1. The fourth-order valence-corrected chi connectivity index (χ4v) is 2.61. The van der Waals surface area contributed by atoms with Crippen molar-refractivity contribution in [1.82, 2.24) is 5.32 Å². The van der Waals surface area contributed by atoms with Gasteiger partial charge < -0.3 is 10.2 Å². The SMILES string of the molecule is O=C1CCC(N2CCNc3ccccc32)C(=O)N1. The molecule has 1 aromatic carbocycles. The van der Waals surface area contributed by atoms with Crippen molar-refractivity contribution in [2.45, 2.75) is 18.9 Å². The molecule has 1 atom stereocenters. The quantitative estimate of drug-likeness (QED) is 0.716. The highest BCUT2D eigenvalue weighted by molar-refractivity contribution is 6.02. The zero-order valence-corrected chi connectivity index (χ0v) is 9.98. The van der Waals surface area contributed by atoms with Gasteiger partial charge in [0.05, 0.1) is 11.4 Å². The van der Waals surface area contributed by atoms with Gasteiger partial charge in [0.1, 0.15) is 6.04 Å². The molecule has 2 aliphatic heterocycles. The first kappa shape index (κ1) is 11.1. The Hall–Kier alpha value is -2.04. The molecule has 18 heavy (non-hydrogen) atoms. The molecule has 1 fully saturated rings. The van der Waals surface area contributed by atoms with E-state index in [0.29, 0.717) is 12.8 Å². The van der Waals surface area contributed by atoms with Crippen LogP contribution in [-0.2, 0) is 9.59 Å². The van der Waals surface area contributed by atoms with Crippen molar-refractivity contribution < 1.29 is 9.59 Å². The maximum Gasteiger partial charge on any atom is 0.249 e. The average molecular weight is 245 g/mol. The van der Waals surface area contributed by atoms with Gasteiger partial charge in [-0.15, -0.1) is 0 Å². The fourth-order valence-electron chi connectivity index (χ4n) is 2.61. The van der Waals surface area contributed by atoms with E-state index in [9.17, 15) is 9.59 Å². The lowest BCUT2D eigenvalue weighted by Gasteiger charge is -2.38. The van der Waals surface area contributed by atoms with E-state index < -0.39 is 0 Å². The van der Waals surface area contributed by atoms with Gasteiger partial charge in [-0.25, -0.2) is 0 Å². The van der Waals surface area contributed by atoms with Crippen LogP contribution in [0.4, 0.5) is 11.4 Å². The summed E-state index contributed by atoms with van der Waals surface area (Å²) in [6, 6.07) is 7.72. The highest BCUT2D eigenvalue weighted by Gasteiger charge is 2.33. The summed E-state index contributed by atoms with van der Waals surface area (Å²) in [5.74, 6) is -0.345. The molecular weight excluding hydrogens is 230 g/mol. The summed E-state index contributed by atoms with van der Waals surface area (Å²) in [5, 5.41) is 5.73. The van der Waals surface area contributed by atoms with Crippen molar-refractivity contribution in [3.63, 3.8) is 0 Å². The summed E-state index contributed by atoms with van der Waals surface area (Å²) < 4.78 is 0. The zero-order chi connectivity index (χ0) is 12.5. The van der Waals surface area contributed by atoms with Crippen LogP contribution in [0.25, 0.3) is 0 Å². The molecule has 0 aliphatic carbocycles. The Morgan fingerprint density at radius 1 is 1.22 bits per heavy atom. The van der Waals surface area contributed by atoms with E-state index in [-0.39, 0.29) is 17.9 Å². The van der Waals surface area contributed by atoms with E-state index >= 15 is 0 Å². The maximum absolute atomic E-state index is 11.9. The highest BCUT2D eigenvalue weighted by atomic mass is 16.2. The molecule has 0 spiro atoms. The third-order valence-corrected chi connectivity index (χ3v) is 3.47. The highest BCUT2D eigenvalue weighted by Crippen LogP contribution is 2.31. The van der Waals surface area contributed by atoms with Crippen LogP contribution in [0.15, 0.2) is 24.3 Å². The number of para-hydroxylation sites is 2. The Morgan fingerprint density at radius 2 is 2.06 bits per heavy atom. The lowest BCUT2D eigenvalue weighted by atomic mass is 10.0. The number of nitrogens with one attached hydrogen (secondary N) is 2. The van der Waals surface area contributed by atoms with Gasteiger partial charge in [0.25, 0.3) is 0 Å². The minimum atomic E-state index is -0.231. The molecule has 2 amide bonds. The molecule has 1 unspecified atom stereocenters. The summed E-state index contributed by atoms with van der Waals surface area (Å²) in [4.78, 5) is 25.2. The molecule has 2 heterocycles. The predicted octanol–water partition coefficient (Wildman–Crippen LogP) is 0.724. The van der Waals surface area contributed by atoms with E-state index in [1.807, 2.05) is 24.3 Å². The third kappa shape index (κ3) is 1.81. The van der Waals surface area contributed by atoms with Crippen molar-refractivity contribution in [2.24, 2.45) is 0 Å². The Kier molecular flexibility index (Phi) is 2.66. The Morgan fingerprint density at radius 3 is 2.89 bits per heavy atom. The van der Waals surface area contributed by atoms with Crippen molar-refractivity contribution in [3.05, 3.63) is 24.3 Å². The van der Waals surface area contributed by atoms with E-state index in [1.165, 1.54) is 0 Å². The second-order valence-corrected chi connectivity index (χ2v) is 4.60. The first-order chi connectivity index (χ1) is 8.75. The van der Waals surface area contributed by atoms with E-state index in [4.69, 9.17) is 0 Å². The smallest absolute Gasteiger partial charge is 0.249 e. The molecule has 0 bridgehead atoms. The first-order valence-corrected chi connectivity index (χ1v) is 6.19. The number of rotatable bonds is 1. The lowest BCUT2D eigenvalue weighted by Crippen LogP contribution is -2.54. The number of amides is 2. The van der Waals surface area contributed by atoms with Crippen LogP contribution in [0, 0.1) is 0 Å². The fraction of sp³-hybridized carbons (Fsp3) is 0.385. The maximum atomic E-state index is 11.9. The van der Waals surface area contributed by atoms with Crippen LogP contribution in [-0.4, -0.2) is 30.9 Å². The number of carbonyl (C=O) groups is 2. The molecule has 1 saturated heterocycles. The summed E-state index contributed by atoms with van der Waals surface area (Å²) in [6.07, 6.45) is 1.02. The largest absolute Gasteiger partial charge is 0.382 e. The van der Waals surface area contributed by atoms with Gasteiger partial charge >= 0.3 is 0 Å². The number of hydrogen-bond donors (Lipinski definition) is 2. The third-order valence-electron chi connectivity index (χ3n) is 3.47. The molecular formula is C13H15N3O2. The summed E-state index contributed by atoms with van der Waals surface area (Å²) in [5.41, 5.74) is 2.09. The van der Waals surface area contributed by atoms with Crippen LogP contribution >= 0.6 is 0 Å². The molecule has 0 radical (unpaired) electrons. The van der Waals surface area contributed by atoms with Crippen LogP contribution in [0.3, 0.4) is 0 Å². The number of nitrogens with zero attached hydrogens (tertiary/aromatic N) is 1. The molecule has 1 aromatic rings. The molecule has 5 heteroatoms. The monoisotopic (exact) mass is 245 g/mol. The second-order valence-electron chi connectivity index (χ2n) is 4.60. The van der Waals surface area contributed by atoms with Crippen LogP contribution in [0.1, 0.15) is 12.8 Å². The first-order valence-electron chi connectivity index (χ1n) is 6.19. The summed E-state index contributed by atoms with van der Waals surface area (Å²) in [7, 11) is 0. The molecule has 2 N–H and O–H groups in total. The molecule has 2 aliphatic rings. The van der Waals surface area contributed by atoms with Gasteiger partial charge in [-0.1, -0.05) is 12.1 Å². The normalized spacial score (nSPS) is 23.1. The molecule has 94 valence electrons. The molecule has 0 saturated carbocycles. The van der Waals surface area contributed by atoms with E-state index in [1.54, 1.807) is 0 Å². The van der Waals surface area contributed by atoms with Crippen molar-refractivity contribution in [1.29, 1.82) is 0 Å². The Bertz CT molecular complexity index is 501. The number of benzene rings is 1. The number of carbonyl (C=O) groups excluding carboxylic acids is 2. The van der Waals surface area contributed by atoms with E-state index in [0.717, 1.165) is 24.5 Å². The topological polar surface area (TPSA) is 61.4 Å². The zero-order valence-electron chi connectivity index (χ0n) is 9.98. The van der Waals surface area contributed by atoms with Crippen molar-refractivity contribution in [2.75, 3.05) is 23.3 Å². The van der Waals surface area contributed by atoms with E-state index in [2.05, 4.69) is 15.5 Å². The van der Waals surface area contributed by atoms with Crippen LogP contribution in [0.2, 0.25) is 0 Å². The van der Waals surface area contributed by atoms with Crippen molar-refractivity contribution in [3.8, 4) is 0 Å². The predicted molar refractivity (Wildman–Crippen MR) is 68.4 cm³/mol. The van der Waals surface area contributed by atoms with Gasteiger partial charge in [0.15, 0.2) is 0 Å². The van der Waals surface area contributed by atoms with Crippen LogP contribution < -0.4 is 15.5 Å². The lowest BCUT2D eigenvalue weighted by molar-refractivity contribution is -0.134. The minimum absolute atomic E-state index is 0.167. The second kappa shape index (κ2) is 4.33. The molecule has 0 aromatic heterocycles. The number of anilines is 2.